The molecule has 0 aliphatic heterocycles. The molecule has 0 aliphatic rings. The van der Waals surface area contributed by atoms with Gasteiger partial charge in [-0.15, -0.1) is 5.10 Å². The zero-order valence-electron chi connectivity index (χ0n) is 7.24. The average Bonchev–Trinajstić information content (AvgIpc) is 2.49. The third kappa shape index (κ3) is 1.70. The summed E-state index contributed by atoms with van der Waals surface area (Å²) in [5, 5.41) is 13.5. The molecule has 1 N–H and O–H groups in total. The minimum atomic E-state index is -0.597. The van der Waals surface area contributed by atoms with Gasteiger partial charge in [-0.3, -0.25) is 0 Å². The van der Waals surface area contributed by atoms with Crippen molar-refractivity contribution in [2.24, 2.45) is 0 Å². The molecule has 1 atom stereocenters. The van der Waals surface area contributed by atoms with Crippen molar-refractivity contribution in [1.82, 2.24) is 9.59 Å². The first-order chi connectivity index (χ1) is 5.66. The molecule has 0 amide bonds. The molecule has 1 aromatic rings. The molecule has 12 heavy (non-hydrogen) atoms. The van der Waals surface area contributed by atoms with Gasteiger partial charge in [-0.1, -0.05) is 18.0 Å². The Bertz CT molecular complexity index is 282. The Morgan fingerprint density at radius 1 is 1.75 bits per heavy atom. The summed E-state index contributed by atoms with van der Waals surface area (Å²) in [5.41, 5.74) is 1.60. The van der Waals surface area contributed by atoms with Crippen molar-refractivity contribution in [2.75, 3.05) is 0 Å². The van der Waals surface area contributed by atoms with E-state index in [0.717, 1.165) is 22.6 Å². The van der Waals surface area contributed by atoms with Crippen LogP contribution in [-0.2, 0) is 6.42 Å². The molecule has 0 saturated heterocycles. The Morgan fingerprint density at radius 3 is 2.92 bits per heavy atom. The highest BCUT2D eigenvalue weighted by Crippen LogP contribution is 2.25. The Hall–Kier alpha value is -0.740. The second-order valence-corrected chi connectivity index (χ2v) is 3.47. The maximum atomic E-state index is 9.63. The fourth-order valence-corrected chi connectivity index (χ4v) is 1.71. The third-order valence-electron chi connectivity index (χ3n) is 1.64. The first-order valence-corrected chi connectivity index (χ1v) is 4.58. The Labute approximate surface area is 75.9 Å². The lowest BCUT2D eigenvalue weighted by molar-refractivity contribution is 0.219. The molecule has 0 bridgehead atoms. The Kier molecular flexibility index (Phi) is 2.94. The molecule has 0 aromatic carbocycles. The number of aliphatic hydroxyl groups is 1. The normalized spacial score (nSPS) is 12.9. The van der Waals surface area contributed by atoms with Crippen LogP contribution in [0.4, 0.5) is 0 Å². The smallest absolute Gasteiger partial charge is 0.112 e. The van der Waals surface area contributed by atoms with E-state index in [1.165, 1.54) is 11.5 Å². The fraction of sp³-hybridized carbons (Fsp3) is 0.500. The van der Waals surface area contributed by atoms with Crippen LogP contribution < -0.4 is 0 Å². The molecular formula is C8H12N2OS. The summed E-state index contributed by atoms with van der Waals surface area (Å²) >= 11 is 1.24. The van der Waals surface area contributed by atoms with Crippen LogP contribution in [0.25, 0.3) is 0 Å². The van der Waals surface area contributed by atoms with Crippen molar-refractivity contribution < 1.29 is 5.11 Å². The lowest BCUT2D eigenvalue weighted by Crippen LogP contribution is -1.98. The van der Waals surface area contributed by atoms with E-state index in [1.54, 1.807) is 6.92 Å². The van der Waals surface area contributed by atoms with Crippen molar-refractivity contribution in [3.8, 4) is 0 Å². The molecule has 0 spiro atoms. The summed E-state index contributed by atoms with van der Waals surface area (Å²) < 4.78 is 3.79. The highest BCUT2D eigenvalue weighted by molar-refractivity contribution is 7.05. The van der Waals surface area contributed by atoms with Crippen molar-refractivity contribution in [3.05, 3.63) is 22.7 Å². The number of aromatic nitrogens is 2. The van der Waals surface area contributed by atoms with Crippen LogP contribution in [0.1, 0.15) is 30.5 Å². The molecule has 1 aromatic heterocycles. The zero-order chi connectivity index (χ0) is 9.14. The van der Waals surface area contributed by atoms with E-state index in [2.05, 4.69) is 16.2 Å². The van der Waals surface area contributed by atoms with Crippen molar-refractivity contribution >= 4 is 11.5 Å². The number of hydrogen-bond donors (Lipinski definition) is 1. The second kappa shape index (κ2) is 3.78. The fourth-order valence-electron chi connectivity index (χ4n) is 0.892. The molecule has 1 rings (SSSR count). The minimum absolute atomic E-state index is 0.597. The molecule has 66 valence electrons. The van der Waals surface area contributed by atoms with E-state index in [4.69, 9.17) is 0 Å². The highest BCUT2D eigenvalue weighted by atomic mass is 32.1. The second-order valence-electron chi connectivity index (χ2n) is 2.69. The minimum Gasteiger partial charge on any atom is -0.383 e. The topological polar surface area (TPSA) is 46.0 Å². The van der Waals surface area contributed by atoms with Crippen LogP contribution in [0.15, 0.2) is 12.2 Å². The quantitative estimate of drug-likeness (QED) is 0.727. The molecule has 4 heteroatoms. The molecule has 3 nitrogen and oxygen atoms in total. The van der Waals surface area contributed by atoms with E-state index < -0.39 is 6.10 Å². The van der Waals surface area contributed by atoms with E-state index in [-0.39, 0.29) is 0 Å². The molecule has 0 saturated carbocycles. The van der Waals surface area contributed by atoms with Crippen molar-refractivity contribution in [1.29, 1.82) is 0 Å². The van der Waals surface area contributed by atoms with Gasteiger partial charge in [0.1, 0.15) is 6.10 Å². The molecule has 0 fully saturated rings. The van der Waals surface area contributed by atoms with Gasteiger partial charge in [0, 0.05) is 0 Å². The van der Waals surface area contributed by atoms with Gasteiger partial charge in [-0.05, 0) is 30.5 Å². The van der Waals surface area contributed by atoms with Gasteiger partial charge in [0.25, 0.3) is 0 Å². The van der Waals surface area contributed by atoms with Crippen LogP contribution in [0.2, 0.25) is 0 Å². The number of rotatable bonds is 3. The predicted molar refractivity (Wildman–Crippen MR) is 49.1 cm³/mol. The van der Waals surface area contributed by atoms with Gasteiger partial charge in [-0.2, -0.15) is 0 Å². The average molecular weight is 184 g/mol. The van der Waals surface area contributed by atoms with Crippen LogP contribution in [0, 0.1) is 0 Å². The van der Waals surface area contributed by atoms with Crippen molar-refractivity contribution in [2.45, 2.75) is 26.4 Å². The Balaban J connectivity index is 2.93. The van der Waals surface area contributed by atoms with E-state index in [9.17, 15) is 5.11 Å². The number of hydrogen-bond acceptors (Lipinski definition) is 4. The van der Waals surface area contributed by atoms with Crippen molar-refractivity contribution in [3.63, 3.8) is 0 Å². The highest BCUT2D eigenvalue weighted by Gasteiger charge is 2.15. The zero-order valence-corrected chi connectivity index (χ0v) is 8.06. The Morgan fingerprint density at radius 2 is 2.42 bits per heavy atom. The van der Waals surface area contributed by atoms with Gasteiger partial charge >= 0.3 is 0 Å². The lowest BCUT2D eigenvalue weighted by atomic mass is 10.1. The summed E-state index contributed by atoms with van der Waals surface area (Å²) in [6.07, 6.45) is 0.204. The standard InChI is InChI=1S/C8H12N2OS/c1-4-6-8(12-10-9-6)7(11)5(2)3/h7,11H,2,4H2,1,3H3. The van der Waals surface area contributed by atoms with Gasteiger partial charge in [0.05, 0.1) is 10.6 Å². The van der Waals surface area contributed by atoms with Crippen LogP contribution >= 0.6 is 11.5 Å². The lowest BCUT2D eigenvalue weighted by Gasteiger charge is -2.07. The SMILES string of the molecule is C=C(C)C(O)c1snnc1CC. The summed E-state index contributed by atoms with van der Waals surface area (Å²) in [6.45, 7) is 7.47. The van der Waals surface area contributed by atoms with Gasteiger partial charge in [0.2, 0.25) is 0 Å². The molecule has 0 radical (unpaired) electrons. The summed E-state index contributed by atoms with van der Waals surface area (Å²) in [5.74, 6) is 0. The summed E-state index contributed by atoms with van der Waals surface area (Å²) in [4.78, 5) is 0.824. The third-order valence-corrected chi connectivity index (χ3v) is 2.45. The molecule has 1 unspecified atom stereocenters. The van der Waals surface area contributed by atoms with E-state index in [0.29, 0.717) is 0 Å². The van der Waals surface area contributed by atoms with Gasteiger partial charge < -0.3 is 5.11 Å². The molecular weight excluding hydrogens is 172 g/mol. The van der Waals surface area contributed by atoms with Gasteiger partial charge in [-0.25, -0.2) is 0 Å². The van der Waals surface area contributed by atoms with E-state index >= 15 is 0 Å². The maximum Gasteiger partial charge on any atom is 0.112 e. The first kappa shape index (κ1) is 9.35. The predicted octanol–water partition coefficient (Wildman–Crippen LogP) is 1.71. The van der Waals surface area contributed by atoms with Crippen LogP contribution in [-0.4, -0.2) is 14.7 Å². The number of aliphatic hydroxyl groups excluding tert-OH is 1. The van der Waals surface area contributed by atoms with E-state index in [1.807, 2.05) is 6.92 Å². The first-order valence-electron chi connectivity index (χ1n) is 3.81. The largest absolute Gasteiger partial charge is 0.383 e. The molecule has 1 heterocycles. The van der Waals surface area contributed by atoms with Gasteiger partial charge in [0.15, 0.2) is 0 Å². The van der Waals surface area contributed by atoms with Crippen LogP contribution in [0.3, 0.4) is 0 Å². The number of aryl methyl sites for hydroxylation is 1. The maximum absolute atomic E-state index is 9.63. The summed E-state index contributed by atoms with van der Waals surface area (Å²) in [7, 11) is 0. The monoisotopic (exact) mass is 184 g/mol. The molecule has 0 aliphatic carbocycles. The van der Waals surface area contributed by atoms with Crippen LogP contribution in [0.5, 0.6) is 0 Å². The summed E-state index contributed by atoms with van der Waals surface area (Å²) in [6, 6.07) is 0. The number of nitrogens with zero attached hydrogens (tertiary/aromatic N) is 2.